The van der Waals surface area contributed by atoms with E-state index in [9.17, 15) is 4.79 Å². The quantitative estimate of drug-likeness (QED) is 0.893. The molecule has 1 N–H and O–H groups in total. The number of ether oxygens (including phenoxy) is 1. The number of carboxylic acids is 1. The maximum absolute atomic E-state index is 11.0. The summed E-state index contributed by atoms with van der Waals surface area (Å²) >= 11 is 11.8. The number of carboxylic acid groups (broad SMARTS) is 1. The number of nitrogens with zero attached hydrogens (tertiary/aromatic N) is 1. The van der Waals surface area contributed by atoms with Gasteiger partial charge in [-0.15, -0.1) is 12.4 Å². The Kier molecular flexibility index (Phi) is 6.89. The van der Waals surface area contributed by atoms with Crippen LogP contribution in [0.5, 0.6) is 5.75 Å². The molecular formula is C13H16Cl3NO3. The van der Waals surface area contributed by atoms with E-state index in [0.29, 0.717) is 35.4 Å². The molecule has 4 nitrogen and oxygen atoms in total. The highest BCUT2D eigenvalue weighted by atomic mass is 35.5. The van der Waals surface area contributed by atoms with Crippen molar-refractivity contribution in [2.24, 2.45) is 0 Å². The first kappa shape index (κ1) is 17.4. The average Bonchev–Trinajstić information content (AvgIpc) is 2.80. The zero-order valence-corrected chi connectivity index (χ0v) is 13.0. The van der Waals surface area contributed by atoms with Crippen molar-refractivity contribution in [3.63, 3.8) is 0 Å². The Morgan fingerprint density at radius 2 is 2.20 bits per heavy atom. The molecule has 0 radical (unpaired) electrons. The monoisotopic (exact) mass is 339 g/mol. The number of halogens is 3. The summed E-state index contributed by atoms with van der Waals surface area (Å²) in [5.74, 6) is -0.195. The molecule has 1 aromatic carbocycles. The number of carbonyl (C=O) groups is 1. The van der Waals surface area contributed by atoms with Crippen LogP contribution in [0, 0.1) is 0 Å². The van der Waals surface area contributed by atoms with E-state index in [1.54, 1.807) is 18.2 Å². The predicted molar refractivity (Wildman–Crippen MR) is 81.4 cm³/mol. The summed E-state index contributed by atoms with van der Waals surface area (Å²) in [6, 6.07) is 4.65. The van der Waals surface area contributed by atoms with Gasteiger partial charge in [0.25, 0.3) is 0 Å². The number of rotatable bonds is 5. The van der Waals surface area contributed by atoms with E-state index < -0.39 is 5.97 Å². The third-order valence-corrected chi connectivity index (χ3v) is 3.71. The molecule has 20 heavy (non-hydrogen) atoms. The third kappa shape index (κ3) is 4.42. The molecule has 0 aromatic heterocycles. The number of benzene rings is 1. The summed E-state index contributed by atoms with van der Waals surface area (Å²) in [5.41, 5.74) is 0. The van der Waals surface area contributed by atoms with Crippen molar-refractivity contribution in [1.82, 2.24) is 4.90 Å². The molecule has 0 unspecified atom stereocenters. The van der Waals surface area contributed by atoms with E-state index in [1.807, 2.05) is 4.90 Å². The van der Waals surface area contributed by atoms with Gasteiger partial charge in [-0.25, -0.2) is 0 Å². The summed E-state index contributed by atoms with van der Waals surface area (Å²) in [7, 11) is 0. The molecule has 0 saturated carbocycles. The minimum atomic E-state index is -0.762. The van der Waals surface area contributed by atoms with Crippen LogP contribution in [0.4, 0.5) is 0 Å². The number of likely N-dealkylation sites (tertiary alicyclic amines) is 1. The molecule has 7 heteroatoms. The van der Waals surface area contributed by atoms with Gasteiger partial charge in [0.1, 0.15) is 18.4 Å². The summed E-state index contributed by atoms with van der Waals surface area (Å²) in [6.07, 6.45) is 1.62. The Labute approximate surface area is 134 Å². The highest BCUT2D eigenvalue weighted by Crippen LogP contribution is 2.27. The van der Waals surface area contributed by atoms with Gasteiger partial charge in [0.05, 0.1) is 5.02 Å². The van der Waals surface area contributed by atoms with Gasteiger partial charge in [-0.05, 0) is 37.6 Å². The molecule has 112 valence electrons. The van der Waals surface area contributed by atoms with Crippen LogP contribution in [0.3, 0.4) is 0 Å². The highest BCUT2D eigenvalue weighted by molar-refractivity contribution is 6.35. The first-order chi connectivity index (χ1) is 9.08. The lowest BCUT2D eigenvalue weighted by Crippen LogP contribution is -2.38. The summed E-state index contributed by atoms with van der Waals surface area (Å²) in [6.45, 7) is 1.79. The van der Waals surface area contributed by atoms with Crippen LogP contribution in [0.25, 0.3) is 0 Å². The lowest BCUT2D eigenvalue weighted by molar-refractivity contribution is -0.142. The van der Waals surface area contributed by atoms with Crippen molar-refractivity contribution in [2.75, 3.05) is 19.7 Å². The maximum Gasteiger partial charge on any atom is 0.320 e. The Hall–Kier alpha value is -0.680. The summed E-state index contributed by atoms with van der Waals surface area (Å²) in [5, 5.41) is 10.1. The molecule has 0 amide bonds. The molecule has 1 aliphatic rings. The van der Waals surface area contributed by atoms with E-state index >= 15 is 0 Å². The minimum Gasteiger partial charge on any atom is -0.491 e. The van der Waals surface area contributed by atoms with Crippen molar-refractivity contribution < 1.29 is 14.6 Å². The standard InChI is InChI=1S/C13H15Cl2NO3.ClH/c14-9-3-4-12(10(15)8-9)19-7-6-16-5-1-2-11(16)13(17)18;/h3-4,8,11H,1-2,5-7H2,(H,17,18);1H/t11-;/m1./s1. The average molecular weight is 341 g/mol. The zero-order valence-electron chi connectivity index (χ0n) is 10.7. The number of hydrogen-bond acceptors (Lipinski definition) is 3. The minimum absolute atomic E-state index is 0. The second kappa shape index (κ2) is 7.93. The van der Waals surface area contributed by atoms with Gasteiger partial charge in [0.2, 0.25) is 0 Å². The van der Waals surface area contributed by atoms with Crippen molar-refractivity contribution in [3.8, 4) is 5.75 Å². The molecule has 1 fully saturated rings. The topological polar surface area (TPSA) is 49.8 Å². The first-order valence-electron chi connectivity index (χ1n) is 6.12. The van der Waals surface area contributed by atoms with Gasteiger partial charge in [-0.2, -0.15) is 0 Å². The molecule has 0 spiro atoms. The second-order valence-corrected chi connectivity index (χ2v) is 5.30. The van der Waals surface area contributed by atoms with Crippen LogP contribution in [0.2, 0.25) is 10.0 Å². The SMILES string of the molecule is Cl.O=C(O)[C@H]1CCCN1CCOc1ccc(Cl)cc1Cl. The molecule has 0 aliphatic carbocycles. The van der Waals surface area contributed by atoms with Crippen LogP contribution in [0.1, 0.15) is 12.8 Å². The smallest absolute Gasteiger partial charge is 0.320 e. The van der Waals surface area contributed by atoms with Crippen LogP contribution in [-0.4, -0.2) is 41.7 Å². The molecular weight excluding hydrogens is 325 g/mol. The van der Waals surface area contributed by atoms with Crippen LogP contribution in [-0.2, 0) is 4.79 Å². The number of hydrogen-bond donors (Lipinski definition) is 1. The summed E-state index contributed by atoms with van der Waals surface area (Å²) < 4.78 is 5.56. The van der Waals surface area contributed by atoms with E-state index in [1.165, 1.54) is 0 Å². The fourth-order valence-corrected chi connectivity index (χ4v) is 2.70. The van der Waals surface area contributed by atoms with E-state index in [4.69, 9.17) is 33.0 Å². The molecule has 1 aromatic rings. The van der Waals surface area contributed by atoms with Gasteiger partial charge >= 0.3 is 5.97 Å². The highest BCUT2D eigenvalue weighted by Gasteiger charge is 2.29. The van der Waals surface area contributed by atoms with Crippen LogP contribution >= 0.6 is 35.6 Å². The van der Waals surface area contributed by atoms with Gasteiger partial charge in [-0.3, -0.25) is 9.69 Å². The second-order valence-electron chi connectivity index (χ2n) is 4.46. The van der Waals surface area contributed by atoms with Crippen molar-refractivity contribution in [3.05, 3.63) is 28.2 Å². The first-order valence-corrected chi connectivity index (χ1v) is 6.88. The molecule has 1 aliphatic heterocycles. The van der Waals surface area contributed by atoms with Gasteiger partial charge in [0, 0.05) is 11.6 Å². The van der Waals surface area contributed by atoms with Crippen molar-refractivity contribution in [2.45, 2.75) is 18.9 Å². The predicted octanol–water partition coefficient (Wildman–Crippen LogP) is 3.34. The Balaban J connectivity index is 0.00000200. The lowest BCUT2D eigenvalue weighted by Gasteiger charge is -2.21. The Morgan fingerprint density at radius 1 is 1.45 bits per heavy atom. The van der Waals surface area contributed by atoms with E-state index in [0.717, 1.165) is 13.0 Å². The molecule has 0 bridgehead atoms. The molecule has 1 heterocycles. The summed E-state index contributed by atoms with van der Waals surface area (Å²) in [4.78, 5) is 12.9. The van der Waals surface area contributed by atoms with Crippen LogP contribution in [0.15, 0.2) is 18.2 Å². The molecule has 1 atom stereocenters. The Bertz CT molecular complexity index is 470. The zero-order chi connectivity index (χ0) is 13.8. The number of aliphatic carboxylic acids is 1. The van der Waals surface area contributed by atoms with Gasteiger partial charge in [-0.1, -0.05) is 23.2 Å². The van der Waals surface area contributed by atoms with E-state index in [2.05, 4.69) is 0 Å². The van der Waals surface area contributed by atoms with Gasteiger partial charge in [0.15, 0.2) is 0 Å². The normalized spacial score (nSPS) is 18.6. The van der Waals surface area contributed by atoms with E-state index in [-0.39, 0.29) is 18.4 Å². The lowest BCUT2D eigenvalue weighted by atomic mass is 10.2. The third-order valence-electron chi connectivity index (χ3n) is 3.18. The largest absolute Gasteiger partial charge is 0.491 e. The Morgan fingerprint density at radius 3 is 2.85 bits per heavy atom. The maximum atomic E-state index is 11.0. The van der Waals surface area contributed by atoms with Gasteiger partial charge < -0.3 is 9.84 Å². The van der Waals surface area contributed by atoms with Crippen molar-refractivity contribution in [1.29, 1.82) is 0 Å². The fourth-order valence-electron chi connectivity index (χ4n) is 2.24. The van der Waals surface area contributed by atoms with Crippen molar-refractivity contribution >= 4 is 41.6 Å². The van der Waals surface area contributed by atoms with Crippen LogP contribution < -0.4 is 4.74 Å². The molecule has 2 rings (SSSR count). The fraction of sp³-hybridized carbons (Fsp3) is 0.462. The molecule has 1 saturated heterocycles.